The Bertz CT molecular complexity index is 514. The summed E-state index contributed by atoms with van der Waals surface area (Å²) in [5, 5.41) is 0. The van der Waals surface area contributed by atoms with Crippen LogP contribution in [-0.2, 0) is 0 Å². The van der Waals surface area contributed by atoms with Gasteiger partial charge in [0.25, 0.3) is 0 Å². The van der Waals surface area contributed by atoms with E-state index < -0.39 is 6.85 Å². The van der Waals surface area contributed by atoms with Crippen LogP contribution in [0, 0.1) is 6.85 Å². The molecule has 0 aromatic carbocycles. The van der Waals surface area contributed by atoms with E-state index in [0.29, 0.717) is 5.57 Å². The second kappa shape index (κ2) is 4.41. The Hall–Kier alpha value is -1.63. The van der Waals surface area contributed by atoms with E-state index in [2.05, 4.69) is 18.1 Å². The zero-order valence-electron chi connectivity index (χ0n) is 12.2. The smallest absolute Gasteiger partial charge is 0.0696 e. The maximum Gasteiger partial charge on any atom is 0.0696 e. The van der Waals surface area contributed by atoms with Gasteiger partial charge >= 0.3 is 0 Å². The van der Waals surface area contributed by atoms with Crippen LogP contribution in [0.4, 0.5) is 0 Å². The number of hydrogen-bond acceptors (Lipinski definition) is 1. The summed E-state index contributed by atoms with van der Waals surface area (Å²) >= 11 is 0. The summed E-state index contributed by atoms with van der Waals surface area (Å²) in [5.74, 6) is 0. The van der Waals surface area contributed by atoms with Crippen molar-refractivity contribution in [3.05, 3.63) is 60.9 Å². The third-order valence-corrected chi connectivity index (χ3v) is 1.38. The first kappa shape index (κ1) is 4.56. The lowest BCUT2D eigenvalue weighted by atomic mass is 10.1. The van der Waals surface area contributed by atoms with Crippen molar-refractivity contribution in [1.82, 2.24) is 4.98 Å². The molecule has 0 atom stereocenters. The number of nitrogens with zero attached hydrogens (tertiary/aromatic N) is 1. The molecule has 1 rings (SSSR count). The van der Waals surface area contributed by atoms with Gasteiger partial charge in [-0.3, -0.25) is 4.98 Å². The molecule has 1 aromatic rings. The standard InChI is InChI=1S/C12H13N/c1-4-5-6-11(3)12-8-7-10(2)9-13-12/h4-9H,1,3H2,2H3/i2D3,7D,8D. The average Bonchev–Trinajstić information content (AvgIpc) is 2.27. The highest BCUT2D eigenvalue weighted by atomic mass is 14.7. The van der Waals surface area contributed by atoms with Gasteiger partial charge in [0, 0.05) is 10.3 Å². The first-order valence-electron chi connectivity index (χ1n) is 6.24. The zero-order chi connectivity index (χ0) is 13.9. The minimum atomic E-state index is -2.43. The van der Waals surface area contributed by atoms with Gasteiger partial charge in [0.05, 0.1) is 8.44 Å². The van der Waals surface area contributed by atoms with Crippen molar-refractivity contribution in [3.63, 3.8) is 0 Å². The summed E-state index contributed by atoms with van der Waals surface area (Å²) < 4.78 is 37.2. The lowest BCUT2D eigenvalue weighted by Gasteiger charge is -1.98. The maximum absolute atomic E-state index is 7.76. The van der Waals surface area contributed by atoms with Crippen molar-refractivity contribution < 1.29 is 6.85 Å². The monoisotopic (exact) mass is 176 g/mol. The van der Waals surface area contributed by atoms with Gasteiger partial charge in [-0.2, -0.15) is 0 Å². The Kier molecular flexibility index (Phi) is 1.55. The predicted molar refractivity (Wildman–Crippen MR) is 57.3 cm³/mol. The molecule has 0 aliphatic heterocycles. The van der Waals surface area contributed by atoms with E-state index in [1.807, 2.05) is 0 Å². The van der Waals surface area contributed by atoms with Gasteiger partial charge in [0.2, 0.25) is 0 Å². The number of rotatable bonds is 3. The fourth-order valence-electron chi connectivity index (χ4n) is 0.747. The Morgan fingerprint density at radius 1 is 1.69 bits per heavy atom. The minimum absolute atomic E-state index is 0.200. The molecule has 13 heavy (non-hydrogen) atoms. The maximum atomic E-state index is 7.76. The largest absolute Gasteiger partial charge is 0.256 e. The van der Waals surface area contributed by atoms with E-state index in [4.69, 9.17) is 6.85 Å². The SMILES string of the molecule is [2H]c1c(C([2H])([2H])[2H])cnc(C(=C)C=CC=C)c1[2H]. The molecule has 1 heteroatoms. The van der Waals surface area contributed by atoms with Crippen LogP contribution in [-0.4, -0.2) is 4.98 Å². The highest BCUT2D eigenvalue weighted by Crippen LogP contribution is 2.10. The molecule has 1 heterocycles. The molecule has 1 aromatic heterocycles. The van der Waals surface area contributed by atoms with Crippen LogP contribution < -0.4 is 0 Å². The minimum Gasteiger partial charge on any atom is -0.256 e. The highest BCUT2D eigenvalue weighted by molar-refractivity contribution is 5.69. The molecule has 0 aliphatic carbocycles. The molecular weight excluding hydrogens is 158 g/mol. The third kappa shape index (κ3) is 2.71. The summed E-state index contributed by atoms with van der Waals surface area (Å²) in [6.07, 6.45) is 5.88. The number of aromatic nitrogens is 1. The van der Waals surface area contributed by atoms with E-state index in [9.17, 15) is 0 Å². The molecule has 0 N–H and O–H groups in total. The van der Waals surface area contributed by atoms with Crippen LogP contribution in [0.2, 0.25) is 0 Å². The van der Waals surface area contributed by atoms with Crippen molar-refractivity contribution in [2.24, 2.45) is 0 Å². The van der Waals surface area contributed by atoms with Gasteiger partial charge in [-0.15, -0.1) is 0 Å². The van der Waals surface area contributed by atoms with Crippen LogP contribution in [0.1, 0.15) is 18.1 Å². The van der Waals surface area contributed by atoms with Crippen molar-refractivity contribution >= 4 is 5.57 Å². The van der Waals surface area contributed by atoms with Crippen molar-refractivity contribution in [1.29, 1.82) is 0 Å². The number of pyridine rings is 1. The molecule has 0 saturated heterocycles. The average molecular weight is 176 g/mol. The van der Waals surface area contributed by atoms with Gasteiger partial charge in [-0.1, -0.05) is 37.4 Å². The molecule has 0 saturated carbocycles. The molecule has 0 aliphatic rings. The molecule has 1 nitrogen and oxygen atoms in total. The summed E-state index contributed by atoms with van der Waals surface area (Å²) in [7, 11) is 0. The van der Waals surface area contributed by atoms with E-state index in [1.54, 1.807) is 18.2 Å². The molecule has 0 fully saturated rings. The van der Waals surface area contributed by atoms with Crippen LogP contribution in [0.5, 0.6) is 0 Å². The molecule has 0 unspecified atom stereocenters. The fourth-order valence-corrected chi connectivity index (χ4v) is 0.747. The molecule has 0 bridgehead atoms. The van der Waals surface area contributed by atoms with Crippen LogP contribution in [0.15, 0.2) is 49.7 Å². The van der Waals surface area contributed by atoms with Crippen molar-refractivity contribution in [2.75, 3.05) is 0 Å². The fraction of sp³-hybridized carbons (Fsp3) is 0.0833. The Labute approximate surface area is 86.2 Å². The van der Waals surface area contributed by atoms with Crippen molar-refractivity contribution in [3.8, 4) is 0 Å². The molecule has 66 valence electrons. The quantitative estimate of drug-likeness (QED) is 0.645. The second-order valence-corrected chi connectivity index (χ2v) is 2.39. The first-order valence-corrected chi connectivity index (χ1v) is 3.74. The summed E-state index contributed by atoms with van der Waals surface area (Å²) in [6.45, 7) is 4.79. The van der Waals surface area contributed by atoms with Crippen LogP contribution in [0.3, 0.4) is 0 Å². The molecule has 0 spiro atoms. The summed E-state index contributed by atoms with van der Waals surface area (Å²) in [5.41, 5.74) is 0.411. The predicted octanol–water partition coefficient (Wildman–Crippen LogP) is 3.15. The highest BCUT2D eigenvalue weighted by Gasteiger charge is 1.94. The van der Waals surface area contributed by atoms with E-state index >= 15 is 0 Å². The first-order chi connectivity index (χ1) is 8.29. The number of aryl methyl sites for hydroxylation is 1. The van der Waals surface area contributed by atoms with Gasteiger partial charge in [0.15, 0.2) is 0 Å². The Morgan fingerprint density at radius 2 is 2.54 bits per heavy atom. The van der Waals surface area contributed by atoms with Gasteiger partial charge in [-0.05, 0) is 24.0 Å². The topological polar surface area (TPSA) is 12.9 Å². The lowest BCUT2D eigenvalue weighted by Crippen LogP contribution is -1.85. The van der Waals surface area contributed by atoms with Crippen LogP contribution >= 0.6 is 0 Å². The zero-order valence-corrected chi connectivity index (χ0v) is 7.17. The molecule has 0 amide bonds. The number of hydrogen-bond donors (Lipinski definition) is 0. The summed E-state index contributed by atoms with van der Waals surface area (Å²) in [6, 6.07) is -0.574. The molecule has 0 radical (unpaired) electrons. The number of allylic oxidation sites excluding steroid dienone is 4. The van der Waals surface area contributed by atoms with Crippen molar-refractivity contribution in [2.45, 2.75) is 6.85 Å². The van der Waals surface area contributed by atoms with Crippen LogP contribution in [0.25, 0.3) is 5.57 Å². The van der Waals surface area contributed by atoms with E-state index in [1.165, 1.54) is 0 Å². The summed E-state index contributed by atoms with van der Waals surface area (Å²) in [4.78, 5) is 3.91. The Morgan fingerprint density at radius 3 is 3.23 bits per heavy atom. The lowest BCUT2D eigenvalue weighted by molar-refractivity contribution is 1.23. The van der Waals surface area contributed by atoms with E-state index in [-0.39, 0.29) is 23.3 Å². The normalized spacial score (nSPS) is 16.8. The Balaban J connectivity index is 3.28. The van der Waals surface area contributed by atoms with E-state index in [0.717, 1.165) is 6.20 Å². The van der Waals surface area contributed by atoms with Gasteiger partial charge in [-0.25, -0.2) is 0 Å². The van der Waals surface area contributed by atoms with Gasteiger partial charge in [0.1, 0.15) is 0 Å². The molecular formula is C12H13N. The van der Waals surface area contributed by atoms with Gasteiger partial charge < -0.3 is 0 Å². The third-order valence-electron chi connectivity index (χ3n) is 1.38. The second-order valence-electron chi connectivity index (χ2n) is 2.39.